The van der Waals surface area contributed by atoms with Crippen molar-refractivity contribution in [2.75, 3.05) is 0 Å². The number of carbonyl (C=O) groups is 1. The van der Waals surface area contributed by atoms with Gasteiger partial charge >= 0.3 is 6.36 Å². The minimum Gasteiger partial charge on any atom is -0.406 e. The summed E-state index contributed by atoms with van der Waals surface area (Å²) in [5, 5.41) is 0. The fourth-order valence-electron chi connectivity index (χ4n) is 1.79. The molecule has 5 heteroatoms. The second kappa shape index (κ2) is 5.36. The van der Waals surface area contributed by atoms with Gasteiger partial charge in [-0.1, -0.05) is 30.3 Å². The molecule has 0 saturated heterocycles. The number of rotatable bonds is 3. The van der Waals surface area contributed by atoms with E-state index >= 15 is 0 Å². The average molecular weight is 280 g/mol. The van der Waals surface area contributed by atoms with Crippen LogP contribution in [0, 0.1) is 0 Å². The van der Waals surface area contributed by atoms with Gasteiger partial charge in [0.25, 0.3) is 0 Å². The standard InChI is InChI=1S/C15H11F3O2/c1-10(19)11-4-2-5-12(8-11)13-6-3-7-14(9-13)20-15(16,17)18/h2-9H,1H3. The molecule has 0 heterocycles. The summed E-state index contributed by atoms with van der Waals surface area (Å²) in [5.41, 5.74) is 1.71. The maximum absolute atomic E-state index is 12.2. The summed E-state index contributed by atoms with van der Waals surface area (Å²) in [7, 11) is 0. The van der Waals surface area contributed by atoms with Crippen LogP contribution in [0.15, 0.2) is 48.5 Å². The van der Waals surface area contributed by atoms with Crippen molar-refractivity contribution >= 4 is 5.78 Å². The molecule has 0 spiro atoms. The van der Waals surface area contributed by atoms with Crippen LogP contribution in [0.4, 0.5) is 13.2 Å². The number of ether oxygens (including phenoxy) is 1. The van der Waals surface area contributed by atoms with Crippen molar-refractivity contribution in [3.63, 3.8) is 0 Å². The van der Waals surface area contributed by atoms with Gasteiger partial charge in [0, 0.05) is 5.56 Å². The predicted octanol–water partition coefficient (Wildman–Crippen LogP) is 4.45. The lowest BCUT2D eigenvalue weighted by molar-refractivity contribution is -0.274. The zero-order chi connectivity index (χ0) is 14.8. The summed E-state index contributed by atoms with van der Waals surface area (Å²) < 4.78 is 40.4. The molecule has 0 aromatic heterocycles. The number of hydrogen-bond donors (Lipinski definition) is 0. The molecule has 2 aromatic carbocycles. The van der Waals surface area contributed by atoms with E-state index in [0.29, 0.717) is 16.7 Å². The van der Waals surface area contributed by atoms with Crippen LogP contribution in [-0.2, 0) is 0 Å². The van der Waals surface area contributed by atoms with E-state index in [1.165, 1.54) is 25.1 Å². The number of carbonyl (C=O) groups excluding carboxylic acids is 1. The Morgan fingerprint density at radius 3 is 2.20 bits per heavy atom. The molecule has 0 aliphatic carbocycles. The monoisotopic (exact) mass is 280 g/mol. The van der Waals surface area contributed by atoms with Crippen LogP contribution in [-0.4, -0.2) is 12.1 Å². The first-order valence-corrected chi connectivity index (χ1v) is 5.82. The average Bonchev–Trinajstić information content (AvgIpc) is 2.37. The van der Waals surface area contributed by atoms with Crippen molar-refractivity contribution in [2.45, 2.75) is 13.3 Å². The highest BCUT2D eigenvalue weighted by atomic mass is 19.4. The van der Waals surface area contributed by atoms with Gasteiger partial charge in [0.05, 0.1) is 0 Å². The van der Waals surface area contributed by atoms with Gasteiger partial charge in [0.1, 0.15) is 5.75 Å². The van der Waals surface area contributed by atoms with E-state index in [9.17, 15) is 18.0 Å². The molecule has 2 aromatic rings. The fraction of sp³-hybridized carbons (Fsp3) is 0.133. The van der Waals surface area contributed by atoms with Crippen molar-refractivity contribution in [2.24, 2.45) is 0 Å². The summed E-state index contributed by atoms with van der Waals surface area (Å²) in [4.78, 5) is 11.3. The first-order chi connectivity index (χ1) is 9.35. The lowest BCUT2D eigenvalue weighted by Gasteiger charge is -2.10. The highest BCUT2D eigenvalue weighted by Gasteiger charge is 2.31. The zero-order valence-corrected chi connectivity index (χ0v) is 10.6. The van der Waals surface area contributed by atoms with E-state index < -0.39 is 6.36 Å². The highest BCUT2D eigenvalue weighted by Crippen LogP contribution is 2.28. The Morgan fingerprint density at radius 2 is 1.60 bits per heavy atom. The van der Waals surface area contributed by atoms with Crippen molar-refractivity contribution in [3.8, 4) is 16.9 Å². The molecule has 0 atom stereocenters. The van der Waals surface area contributed by atoms with Crippen molar-refractivity contribution in [1.82, 2.24) is 0 Å². The van der Waals surface area contributed by atoms with Crippen LogP contribution in [0.1, 0.15) is 17.3 Å². The van der Waals surface area contributed by atoms with E-state index in [1.807, 2.05) is 0 Å². The normalized spacial score (nSPS) is 11.2. The molecule has 0 N–H and O–H groups in total. The third-order valence-corrected chi connectivity index (χ3v) is 2.67. The Balaban J connectivity index is 2.36. The van der Waals surface area contributed by atoms with Crippen LogP contribution in [0.2, 0.25) is 0 Å². The third kappa shape index (κ3) is 3.60. The minimum atomic E-state index is -4.72. The highest BCUT2D eigenvalue weighted by molar-refractivity contribution is 5.95. The fourth-order valence-corrected chi connectivity index (χ4v) is 1.79. The van der Waals surface area contributed by atoms with Crippen LogP contribution in [0.25, 0.3) is 11.1 Å². The van der Waals surface area contributed by atoms with Crippen molar-refractivity contribution in [3.05, 3.63) is 54.1 Å². The van der Waals surface area contributed by atoms with Gasteiger partial charge in [0.15, 0.2) is 5.78 Å². The molecular weight excluding hydrogens is 269 g/mol. The molecule has 0 amide bonds. The Bertz CT molecular complexity index is 633. The van der Waals surface area contributed by atoms with Gasteiger partial charge < -0.3 is 4.74 Å². The van der Waals surface area contributed by atoms with Crippen LogP contribution in [0.5, 0.6) is 5.75 Å². The third-order valence-electron chi connectivity index (χ3n) is 2.67. The van der Waals surface area contributed by atoms with Crippen molar-refractivity contribution < 1.29 is 22.7 Å². The van der Waals surface area contributed by atoms with E-state index in [1.54, 1.807) is 30.3 Å². The zero-order valence-electron chi connectivity index (χ0n) is 10.6. The van der Waals surface area contributed by atoms with Crippen LogP contribution >= 0.6 is 0 Å². The largest absolute Gasteiger partial charge is 0.573 e. The second-order valence-electron chi connectivity index (χ2n) is 4.21. The van der Waals surface area contributed by atoms with Crippen molar-refractivity contribution in [1.29, 1.82) is 0 Å². The molecule has 104 valence electrons. The molecule has 0 aliphatic heterocycles. The van der Waals surface area contributed by atoms with E-state index in [4.69, 9.17) is 0 Å². The van der Waals surface area contributed by atoms with Crippen LogP contribution in [0.3, 0.4) is 0 Å². The van der Waals surface area contributed by atoms with E-state index in [-0.39, 0.29) is 11.5 Å². The molecule has 0 fully saturated rings. The van der Waals surface area contributed by atoms with Gasteiger partial charge in [-0.25, -0.2) is 0 Å². The maximum atomic E-state index is 12.2. The van der Waals surface area contributed by atoms with Gasteiger partial charge in [-0.3, -0.25) is 4.79 Å². The molecule has 2 nitrogen and oxygen atoms in total. The quantitative estimate of drug-likeness (QED) is 0.776. The lowest BCUT2D eigenvalue weighted by Crippen LogP contribution is -2.17. The Hall–Kier alpha value is -2.30. The van der Waals surface area contributed by atoms with E-state index in [2.05, 4.69) is 4.74 Å². The molecule has 0 unspecified atom stereocenters. The summed E-state index contributed by atoms with van der Waals surface area (Å²) in [6, 6.07) is 12.3. The van der Waals surface area contributed by atoms with Gasteiger partial charge in [-0.05, 0) is 36.2 Å². The Labute approximate surface area is 113 Å². The lowest BCUT2D eigenvalue weighted by atomic mass is 10.0. The Kier molecular flexibility index (Phi) is 3.79. The topological polar surface area (TPSA) is 26.3 Å². The molecule has 0 aliphatic rings. The Morgan fingerprint density at radius 1 is 1.00 bits per heavy atom. The minimum absolute atomic E-state index is 0.102. The predicted molar refractivity (Wildman–Crippen MR) is 68.6 cm³/mol. The first-order valence-electron chi connectivity index (χ1n) is 5.82. The van der Waals surface area contributed by atoms with Gasteiger partial charge in [-0.15, -0.1) is 13.2 Å². The smallest absolute Gasteiger partial charge is 0.406 e. The molecule has 0 saturated carbocycles. The summed E-state index contributed by atoms with van der Waals surface area (Å²) >= 11 is 0. The SMILES string of the molecule is CC(=O)c1cccc(-c2cccc(OC(F)(F)F)c2)c1. The summed E-state index contributed by atoms with van der Waals surface area (Å²) in [6.07, 6.45) is -4.72. The summed E-state index contributed by atoms with van der Waals surface area (Å²) in [5.74, 6) is -0.391. The number of Topliss-reactive ketones (excluding diaryl/α,β-unsaturated/α-hetero) is 1. The maximum Gasteiger partial charge on any atom is 0.573 e. The molecule has 2 rings (SSSR count). The second-order valence-corrected chi connectivity index (χ2v) is 4.21. The number of hydrogen-bond acceptors (Lipinski definition) is 2. The van der Waals surface area contributed by atoms with E-state index in [0.717, 1.165) is 0 Å². The first kappa shape index (κ1) is 14.1. The molecular formula is C15H11F3O2. The molecule has 0 radical (unpaired) electrons. The number of halogens is 3. The van der Waals surface area contributed by atoms with Crippen LogP contribution < -0.4 is 4.74 Å². The molecule has 0 bridgehead atoms. The number of benzene rings is 2. The van der Waals surface area contributed by atoms with Gasteiger partial charge in [0.2, 0.25) is 0 Å². The number of ketones is 1. The number of alkyl halides is 3. The van der Waals surface area contributed by atoms with Gasteiger partial charge in [-0.2, -0.15) is 0 Å². The summed E-state index contributed by atoms with van der Waals surface area (Å²) in [6.45, 7) is 1.43. The molecule has 20 heavy (non-hydrogen) atoms.